The van der Waals surface area contributed by atoms with Crippen LogP contribution in [-0.2, 0) is 11.8 Å². The molecule has 1 saturated heterocycles. The Morgan fingerprint density at radius 1 is 1.08 bits per heavy atom. The van der Waals surface area contributed by atoms with Crippen molar-refractivity contribution in [2.45, 2.75) is 88.6 Å². The predicted octanol–water partition coefficient (Wildman–Crippen LogP) is 4.83. The Kier molecular flexibility index (Phi) is 3.83. The van der Waals surface area contributed by atoms with Crippen LogP contribution in [0.4, 0.5) is 5.69 Å². The number of anilines is 1. The zero-order chi connectivity index (χ0) is 17.9. The Labute approximate surface area is 158 Å². The van der Waals surface area contributed by atoms with Crippen molar-refractivity contribution in [3.63, 3.8) is 0 Å². The second-order valence-corrected chi connectivity index (χ2v) is 9.81. The van der Waals surface area contributed by atoms with Crippen molar-refractivity contribution in [3.05, 3.63) is 23.3 Å². The topological polar surface area (TPSA) is 35.5 Å². The quantitative estimate of drug-likeness (QED) is 0.747. The zero-order valence-corrected chi connectivity index (χ0v) is 16.5. The van der Waals surface area contributed by atoms with Crippen LogP contribution in [0.15, 0.2) is 12.1 Å². The standard InChI is InChI=1S/C23H34N2O/c1-22-9-5-6-10-23(22)11-12-25(2)21(22)14-16-13-19(20(26)15-18(16)23)24-17-7-3-4-8-17/h13,15,17,21,24,26H,3-12,14H2,1-2H3/t21-,22+,23+/m0/s1. The fourth-order valence-corrected chi connectivity index (χ4v) is 7.17. The van der Waals surface area contributed by atoms with Gasteiger partial charge in [0.25, 0.3) is 0 Å². The molecular formula is C23H34N2O. The van der Waals surface area contributed by atoms with Crippen LogP contribution >= 0.6 is 0 Å². The third-order valence-corrected chi connectivity index (χ3v) is 8.67. The van der Waals surface area contributed by atoms with E-state index in [1.165, 1.54) is 75.5 Å². The number of phenols is 1. The number of phenolic OH excluding ortho intramolecular Hbond substituents is 1. The SMILES string of the molecule is CN1CC[C@@]23CCCC[C@]2(C)[C@@H]1Cc1cc(NC2CCCC2)c(O)cc13. The van der Waals surface area contributed by atoms with Crippen LogP contribution in [0.1, 0.15) is 75.8 Å². The van der Waals surface area contributed by atoms with Gasteiger partial charge in [0, 0.05) is 17.5 Å². The van der Waals surface area contributed by atoms with Gasteiger partial charge in [-0.05, 0) is 80.8 Å². The van der Waals surface area contributed by atoms with Crippen molar-refractivity contribution in [2.75, 3.05) is 18.9 Å². The number of nitrogens with zero attached hydrogens (tertiary/aromatic N) is 1. The summed E-state index contributed by atoms with van der Waals surface area (Å²) in [4.78, 5) is 2.63. The number of hydrogen-bond donors (Lipinski definition) is 2. The van der Waals surface area contributed by atoms with Gasteiger partial charge in [0.2, 0.25) is 0 Å². The van der Waals surface area contributed by atoms with E-state index >= 15 is 0 Å². The number of likely N-dealkylation sites (tertiary alicyclic amines) is 1. The molecule has 3 nitrogen and oxygen atoms in total. The molecule has 1 aromatic rings. The maximum atomic E-state index is 10.9. The molecule has 0 amide bonds. The van der Waals surface area contributed by atoms with Gasteiger partial charge in [-0.25, -0.2) is 0 Å². The van der Waals surface area contributed by atoms with Gasteiger partial charge in [0.15, 0.2) is 0 Å². The lowest BCUT2D eigenvalue weighted by molar-refractivity contribution is -0.0735. The van der Waals surface area contributed by atoms with E-state index in [0.29, 0.717) is 23.2 Å². The molecule has 3 heteroatoms. The summed E-state index contributed by atoms with van der Waals surface area (Å²) in [6.45, 7) is 3.75. The minimum atomic E-state index is 0.277. The second-order valence-electron chi connectivity index (χ2n) is 9.81. The van der Waals surface area contributed by atoms with Crippen LogP contribution in [-0.4, -0.2) is 35.7 Å². The lowest BCUT2D eigenvalue weighted by Crippen LogP contribution is -2.66. The molecule has 4 aliphatic rings. The summed E-state index contributed by atoms with van der Waals surface area (Å²) in [5.41, 5.74) is 4.60. The van der Waals surface area contributed by atoms with Crippen LogP contribution < -0.4 is 5.32 Å². The van der Waals surface area contributed by atoms with E-state index in [-0.39, 0.29) is 5.41 Å². The van der Waals surface area contributed by atoms with E-state index < -0.39 is 0 Å². The summed E-state index contributed by atoms with van der Waals surface area (Å²) in [6, 6.07) is 5.67. The first-order chi connectivity index (χ1) is 12.5. The summed E-state index contributed by atoms with van der Waals surface area (Å²) in [7, 11) is 2.33. The molecule has 2 N–H and O–H groups in total. The average Bonchev–Trinajstić information content (AvgIpc) is 3.13. The summed E-state index contributed by atoms with van der Waals surface area (Å²) in [5.74, 6) is 0.482. The van der Waals surface area contributed by atoms with E-state index in [1.54, 1.807) is 0 Å². The number of benzene rings is 1. The fraction of sp³-hybridized carbons (Fsp3) is 0.739. The van der Waals surface area contributed by atoms with Crippen molar-refractivity contribution in [1.29, 1.82) is 0 Å². The van der Waals surface area contributed by atoms with Crippen molar-refractivity contribution >= 4 is 5.69 Å². The number of rotatable bonds is 2. The van der Waals surface area contributed by atoms with Gasteiger partial charge in [-0.15, -0.1) is 0 Å². The molecular weight excluding hydrogens is 320 g/mol. The molecule has 1 aliphatic heterocycles. The molecule has 142 valence electrons. The largest absolute Gasteiger partial charge is 0.506 e. The van der Waals surface area contributed by atoms with Crippen LogP contribution in [0.25, 0.3) is 0 Å². The molecule has 2 bridgehead atoms. The number of nitrogens with one attached hydrogen (secondary N) is 1. The number of hydrogen-bond acceptors (Lipinski definition) is 3. The van der Waals surface area contributed by atoms with E-state index in [0.717, 1.165) is 12.1 Å². The van der Waals surface area contributed by atoms with E-state index in [9.17, 15) is 5.11 Å². The highest BCUT2D eigenvalue weighted by atomic mass is 16.3. The van der Waals surface area contributed by atoms with Gasteiger partial charge in [-0.3, -0.25) is 0 Å². The van der Waals surface area contributed by atoms with Crippen LogP contribution in [0.2, 0.25) is 0 Å². The van der Waals surface area contributed by atoms with Crippen molar-refractivity contribution in [3.8, 4) is 5.75 Å². The minimum Gasteiger partial charge on any atom is -0.506 e. The van der Waals surface area contributed by atoms with Crippen LogP contribution in [0.3, 0.4) is 0 Å². The number of likely N-dealkylation sites (N-methyl/N-ethyl adjacent to an activating group) is 1. The van der Waals surface area contributed by atoms with E-state index in [1.807, 2.05) is 0 Å². The van der Waals surface area contributed by atoms with Gasteiger partial charge in [0.1, 0.15) is 5.75 Å². The number of fused-ring (bicyclic) bond motifs is 1. The predicted molar refractivity (Wildman–Crippen MR) is 107 cm³/mol. The van der Waals surface area contributed by atoms with Crippen molar-refractivity contribution in [2.24, 2.45) is 5.41 Å². The van der Waals surface area contributed by atoms with Gasteiger partial charge in [-0.2, -0.15) is 0 Å². The molecule has 5 rings (SSSR count). The lowest BCUT2D eigenvalue weighted by atomic mass is 9.45. The molecule has 26 heavy (non-hydrogen) atoms. The Morgan fingerprint density at radius 3 is 2.65 bits per heavy atom. The maximum absolute atomic E-state index is 10.9. The molecule has 3 fully saturated rings. The number of aromatic hydroxyl groups is 1. The Hall–Kier alpha value is -1.22. The molecule has 2 saturated carbocycles. The highest BCUT2D eigenvalue weighted by Crippen LogP contribution is 2.63. The second kappa shape index (κ2) is 5.89. The van der Waals surface area contributed by atoms with E-state index in [4.69, 9.17) is 0 Å². The lowest BCUT2D eigenvalue weighted by Gasteiger charge is -2.65. The van der Waals surface area contributed by atoms with Crippen molar-refractivity contribution in [1.82, 2.24) is 4.90 Å². The zero-order valence-electron chi connectivity index (χ0n) is 16.5. The molecule has 0 radical (unpaired) electrons. The smallest absolute Gasteiger partial charge is 0.138 e. The van der Waals surface area contributed by atoms with Crippen molar-refractivity contribution < 1.29 is 5.11 Å². The molecule has 3 atom stereocenters. The Bertz CT molecular complexity index is 710. The van der Waals surface area contributed by atoms with Crippen LogP contribution in [0, 0.1) is 5.41 Å². The highest BCUT2D eigenvalue weighted by molar-refractivity contribution is 5.63. The first kappa shape index (κ1) is 16.9. The monoisotopic (exact) mass is 354 g/mol. The first-order valence-corrected chi connectivity index (χ1v) is 10.9. The minimum absolute atomic E-state index is 0.277. The van der Waals surface area contributed by atoms with Crippen LogP contribution in [0.5, 0.6) is 5.75 Å². The van der Waals surface area contributed by atoms with E-state index in [2.05, 4.69) is 36.3 Å². The third-order valence-electron chi connectivity index (χ3n) is 8.67. The number of piperidine rings is 1. The van der Waals surface area contributed by atoms with Gasteiger partial charge in [0.05, 0.1) is 5.69 Å². The normalized spacial score (nSPS) is 37.2. The van der Waals surface area contributed by atoms with Gasteiger partial charge < -0.3 is 15.3 Å². The first-order valence-electron chi connectivity index (χ1n) is 10.9. The highest BCUT2D eigenvalue weighted by Gasteiger charge is 2.60. The molecule has 0 aromatic heterocycles. The summed E-state index contributed by atoms with van der Waals surface area (Å²) in [5, 5.41) is 14.5. The Morgan fingerprint density at radius 2 is 1.85 bits per heavy atom. The Balaban J connectivity index is 1.59. The maximum Gasteiger partial charge on any atom is 0.138 e. The van der Waals surface area contributed by atoms with Gasteiger partial charge >= 0.3 is 0 Å². The fourth-order valence-electron chi connectivity index (χ4n) is 7.17. The van der Waals surface area contributed by atoms with Gasteiger partial charge in [-0.1, -0.05) is 32.6 Å². The molecule has 0 spiro atoms. The summed E-state index contributed by atoms with van der Waals surface area (Å²) >= 11 is 0. The molecule has 1 aromatic carbocycles. The molecule has 0 unspecified atom stereocenters. The summed E-state index contributed by atoms with van der Waals surface area (Å²) < 4.78 is 0. The average molecular weight is 355 g/mol. The molecule has 1 heterocycles. The molecule has 3 aliphatic carbocycles. The third kappa shape index (κ3) is 2.22. The summed E-state index contributed by atoms with van der Waals surface area (Å²) in [6.07, 6.45) is 12.9.